The van der Waals surface area contributed by atoms with Gasteiger partial charge in [-0.05, 0) is 50.2 Å². The fourth-order valence-corrected chi connectivity index (χ4v) is 3.12. The van der Waals surface area contributed by atoms with Gasteiger partial charge in [-0.25, -0.2) is 13.6 Å². The molecule has 2 atom stereocenters. The predicted octanol–water partition coefficient (Wildman–Crippen LogP) is 1.64. The lowest BCUT2D eigenvalue weighted by Crippen LogP contribution is -2.91. The van der Waals surface area contributed by atoms with Gasteiger partial charge in [-0.15, -0.1) is 0 Å². The second-order valence-corrected chi connectivity index (χ2v) is 7.88. The molecule has 0 unspecified atom stereocenters. The Balaban J connectivity index is 1.98. The number of quaternary nitrogens is 1. The zero-order valence-electron chi connectivity index (χ0n) is 13.9. The Bertz CT molecular complexity index is 854. The van der Waals surface area contributed by atoms with E-state index < -0.39 is 10.0 Å². The fraction of sp³-hybridized carbons (Fsp3) is 0.235. The molecule has 0 heterocycles. The molecule has 0 aliphatic rings. The number of nitrogens with one attached hydrogen (secondary N) is 1. The summed E-state index contributed by atoms with van der Waals surface area (Å²) in [5.74, 6) is -0.183. The molecule has 25 heavy (non-hydrogen) atoms. The molecule has 5 N–H and O–H groups in total. The van der Waals surface area contributed by atoms with Gasteiger partial charge in [0.1, 0.15) is 6.04 Å². The Morgan fingerprint density at radius 2 is 1.80 bits per heavy atom. The highest BCUT2D eigenvalue weighted by Crippen LogP contribution is 2.15. The molecule has 0 aromatic heterocycles. The lowest BCUT2D eigenvalue weighted by Gasteiger charge is -2.17. The van der Waals surface area contributed by atoms with Gasteiger partial charge in [0.2, 0.25) is 10.0 Å². The second-order valence-electron chi connectivity index (χ2n) is 5.88. The first-order chi connectivity index (χ1) is 11.7. The van der Waals surface area contributed by atoms with E-state index in [0.29, 0.717) is 10.7 Å². The molecule has 0 saturated heterocycles. The molecule has 0 aliphatic carbocycles. The van der Waals surface area contributed by atoms with Crippen molar-refractivity contribution in [1.29, 1.82) is 0 Å². The molecule has 2 rings (SSSR count). The predicted molar refractivity (Wildman–Crippen MR) is 97.7 cm³/mol. The van der Waals surface area contributed by atoms with E-state index in [2.05, 4.69) is 5.32 Å². The molecule has 0 radical (unpaired) electrons. The first-order valence-electron chi connectivity index (χ1n) is 7.71. The molecule has 0 saturated carbocycles. The van der Waals surface area contributed by atoms with Crippen molar-refractivity contribution in [3.05, 3.63) is 59.1 Å². The van der Waals surface area contributed by atoms with Crippen LogP contribution in [0.25, 0.3) is 0 Å². The number of rotatable bonds is 6. The summed E-state index contributed by atoms with van der Waals surface area (Å²) < 4.78 is 22.5. The summed E-state index contributed by atoms with van der Waals surface area (Å²) in [6.45, 7) is 3.80. The summed E-state index contributed by atoms with van der Waals surface area (Å²) in [5.41, 5.74) is 1.54. The quantitative estimate of drug-likeness (QED) is 0.707. The summed E-state index contributed by atoms with van der Waals surface area (Å²) >= 11 is 6.00. The van der Waals surface area contributed by atoms with Crippen molar-refractivity contribution in [2.45, 2.75) is 30.8 Å². The molecule has 0 bridgehead atoms. The molecule has 6 nitrogen and oxygen atoms in total. The monoisotopic (exact) mass is 382 g/mol. The molecule has 0 spiro atoms. The number of halogens is 1. The average molecular weight is 383 g/mol. The van der Waals surface area contributed by atoms with Gasteiger partial charge in [0.05, 0.1) is 4.90 Å². The number of hydrogen-bond acceptors (Lipinski definition) is 3. The topological polar surface area (TPSA) is 106 Å². The lowest BCUT2D eigenvalue weighted by molar-refractivity contribution is -0.709. The minimum atomic E-state index is -3.74. The number of sulfonamides is 1. The summed E-state index contributed by atoms with van der Waals surface area (Å²) in [6.07, 6.45) is 0. The van der Waals surface area contributed by atoms with Crippen molar-refractivity contribution in [2.75, 3.05) is 5.32 Å². The number of primary sulfonamides is 1. The van der Waals surface area contributed by atoms with Crippen molar-refractivity contribution in [2.24, 2.45) is 5.14 Å². The van der Waals surface area contributed by atoms with Crippen LogP contribution in [0.5, 0.6) is 0 Å². The Hall–Kier alpha value is -1.93. The highest BCUT2D eigenvalue weighted by atomic mass is 35.5. The number of amides is 1. The molecular weight excluding hydrogens is 362 g/mol. The van der Waals surface area contributed by atoms with Crippen LogP contribution in [0.15, 0.2) is 53.4 Å². The summed E-state index contributed by atoms with van der Waals surface area (Å²) in [6, 6.07) is 13.0. The number of benzene rings is 2. The highest BCUT2D eigenvalue weighted by molar-refractivity contribution is 7.89. The minimum absolute atomic E-state index is 0.000288. The van der Waals surface area contributed by atoms with E-state index in [4.69, 9.17) is 16.7 Å². The third-order valence-electron chi connectivity index (χ3n) is 3.82. The van der Waals surface area contributed by atoms with E-state index in [1.807, 2.05) is 30.4 Å². The van der Waals surface area contributed by atoms with Crippen LogP contribution in [0.1, 0.15) is 25.5 Å². The van der Waals surface area contributed by atoms with Crippen LogP contribution in [-0.4, -0.2) is 20.4 Å². The maximum absolute atomic E-state index is 12.3. The number of carbonyl (C=O) groups excluding carboxylic acids is 1. The van der Waals surface area contributed by atoms with Gasteiger partial charge in [0.15, 0.2) is 6.04 Å². The minimum Gasteiger partial charge on any atom is -0.330 e. The summed E-state index contributed by atoms with van der Waals surface area (Å²) in [7, 11) is -3.74. The van der Waals surface area contributed by atoms with E-state index in [1.165, 1.54) is 24.3 Å². The van der Waals surface area contributed by atoms with Crippen molar-refractivity contribution in [3.63, 3.8) is 0 Å². The zero-order chi connectivity index (χ0) is 18.6. The normalized spacial score (nSPS) is 13.9. The average Bonchev–Trinajstić information content (AvgIpc) is 2.54. The standard InChI is InChI=1S/C17H20ClN3O3S/c1-11(13-4-3-5-14(18)10-13)20-12(2)17(22)21-15-6-8-16(9-7-15)25(19,23)24/h3-12,20H,1-2H3,(H,21,22)(H2,19,23,24)/p+1/t11-,12+/m0/s1. The van der Waals surface area contributed by atoms with Gasteiger partial charge < -0.3 is 10.6 Å². The number of nitrogens with two attached hydrogens (primary N) is 2. The molecule has 0 fully saturated rings. The van der Waals surface area contributed by atoms with Gasteiger partial charge in [0.25, 0.3) is 5.91 Å². The van der Waals surface area contributed by atoms with Crippen LogP contribution in [0.2, 0.25) is 5.02 Å². The van der Waals surface area contributed by atoms with Crippen molar-refractivity contribution < 1.29 is 18.5 Å². The van der Waals surface area contributed by atoms with Crippen molar-refractivity contribution >= 4 is 33.2 Å². The first-order valence-corrected chi connectivity index (χ1v) is 9.63. The van der Waals surface area contributed by atoms with Gasteiger partial charge in [-0.2, -0.15) is 0 Å². The van der Waals surface area contributed by atoms with Gasteiger partial charge in [0, 0.05) is 16.3 Å². The lowest BCUT2D eigenvalue weighted by atomic mass is 10.1. The molecule has 1 amide bonds. The van der Waals surface area contributed by atoms with Crippen LogP contribution in [0.4, 0.5) is 5.69 Å². The highest BCUT2D eigenvalue weighted by Gasteiger charge is 2.20. The van der Waals surface area contributed by atoms with E-state index >= 15 is 0 Å². The Labute approximate surface area is 152 Å². The Morgan fingerprint density at radius 1 is 1.16 bits per heavy atom. The van der Waals surface area contributed by atoms with E-state index in [0.717, 1.165) is 5.56 Å². The van der Waals surface area contributed by atoms with E-state index in [9.17, 15) is 13.2 Å². The Morgan fingerprint density at radius 3 is 2.36 bits per heavy atom. The number of carbonyl (C=O) groups is 1. The van der Waals surface area contributed by atoms with Crippen LogP contribution in [0.3, 0.4) is 0 Å². The third-order valence-corrected chi connectivity index (χ3v) is 4.98. The largest absolute Gasteiger partial charge is 0.330 e. The molecule has 0 aliphatic heterocycles. The number of anilines is 1. The van der Waals surface area contributed by atoms with E-state index in [1.54, 1.807) is 13.0 Å². The summed E-state index contributed by atoms with van der Waals surface area (Å²) in [5, 5.41) is 10.4. The fourth-order valence-electron chi connectivity index (χ4n) is 2.41. The van der Waals surface area contributed by atoms with Crippen molar-refractivity contribution in [3.8, 4) is 0 Å². The van der Waals surface area contributed by atoms with Gasteiger partial charge in [-0.3, -0.25) is 4.79 Å². The van der Waals surface area contributed by atoms with Crippen LogP contribution >= 0.6 is 11.6 Å². The van der Waals surface area contributed by atoms with Crippen molar-refractivity contribution in [1.82, 2.24) is 0 Å². The van der Waals surface area contributed by atoms with Crippen LogP contribution in [-0.2, 0) is 14.8 Å². The molecule has 2 aromatic rings. The molecule has 8 heteroatoms. The molecule has 2 aromatic carbocycles. The zero-order valence-corrected chi connectivity index (χ0v) is 15.5. The first kappa shape index (κ1) is 19.4. The maximum atomic E-state index is 12.3. The number of hydrogen-bond donors (Lipinski definition) is 3. The van der Waals surface area contributed by atoms with Crippen LogP contribution in [0, 0.1) is 0 Å². The molecule has 134 valence electrons. The van der Waals surface area contributed by atoms with Gasteiger partial charge in [-0.1, -0.05) is 23.7 Å². The SMILES string of the molecule is C[C@H]([NH2+][C@H](C)C(=O)Nc1ccc(S(N)(=O)=O)cc1)c1cccc(Cl)c1. The van der Waals surface area contributed by atoms with Gasteiger partial charge >= 0.3 is 0 Å². The molecular formula is C17H21ClN3O3S+. The Kier molecular flexibility index (Phi) is 6.18. The maximum Gasteiger partial charge on any atom is 0.282 e. The van der Waals surface area contributed by atoms with Crippen LogP contribution < -0.4 is 15.8 Å². The second kappa shape index (κ2) is 7.97. The van der Waals surface area contributed by atoms with E-state index in [-0.39, 0.29) is 22.9 Å². The summed E-state index contributed by atoms with van der Waals surface area (Å²) in [4.78, 5) is 12.3. The third kappa shape index (κ3) is 5.54. The smallest absolute Gasteiger partial charge is 0.282 e.